The van der Waals surface area contributed by atoms with Crippen molar-refractivity contribution in [2.24, 2.45) is 0 Å². The van der Waals surface area contributed by atoms with E-state index in [-0.39, 0.29) is 11.2 Å². The van der Waals surface area contributed by atoms with Crippen LogP contribution in [0.5, 0.6) is 0 Å². The largest absolute Gasteiger partial charge is 0.308 e. The van der Waals surface area contributed by atoms with Gasteiger partial charge < -0.3 is 5.41 Å². The second-order valence-electron chi connectivity index (χ2n) is 4.53. The van der Waals surface area contributed by atoms with Crippen LogP contribution in [0.15, 0.2) is 23.1 Å². The van der Waals surface area contributed by atoms with Crippen LogP contribution in [-0.2, 0) is 0 Å². The molecule has 19 heavy (non-hydrogen) atoms. The fraction of sp³-hybridized carbons (Fsp3) is 0.417. The van der Waals surface area contributed by atoms with Gasteiger partial charge in [0.1, 0.15) is 5.50 Å². The lowest BCUT2D eigenvalue weighted by atomic mass is 10.2. The molecule has 0 atom stereocenters. The third-order valence-electron chi connectivity index (χ3n) is 3.15. The monoisotopic (exact) mass is 280 g/mol. The Hall–Kier alpha value is -1.44. The Balaban J connectivity index is 2.22. The number of likely N-dealkylation sites (N-methyl/N-ethyl adjacent to an activating group) is 2. The van der Waals surface area contributed by atoms with Crippen LogP contribution in [0.4, 0.5) is 5.69 Å². The summed E-state index contributed by atoms with van der Waals surface area (Å²) in [5, 5.41) is 18.1. The quantitative estimate of drug-likeness (QED) is 0.517. The number of nitrogens with zero attached hydrogens (tertiary/aromatic N) is 3. The first kappa shape index (κ1) is 14.0. The summed E-state index contributed by atoms with van der Waals surface area (Å²) in [6.07, 6.45) is 1.03. The lowest BCUT2D eigenvalue weighted by molar-refractivity contribution is -0.385. The fourth-order valence-corrected chi connectivity index (χ4v) is 3.22. The number of nitrogens with one attached hydrogen (secondary N) is 1. The van der Waals surface area contributed by atoms with Crippen molar-refractivity contribution in [3.63, 3.8) is 0 Å². The Morgan fingerprint density at radius 2 is 2.05 bits per heavy atom. The Bertz CT molecular complexity index is 499. The molecule has 102 valence electrons. The molecule has 0 unspecified atom stereocenters. The molecule has 6 nitrogen and oxygen atoms in total. The van der Waals surface area contributed by atoms with E-state index in [0.29, 0.717) is 5.56 Å². The van der Waals surface area contributed by atoms with Gasteiger partial charge in [-0.1, -0.05) is 11.8 Å². The molecule has 1 N–H and O–H groups in total. The van der Waals surface area contributed by atoms with Gasteiger partial charge in [-0.2, -0.15) is 0 Å². The average molecular weight is 280 g/mol. The summed E-state index contributed by atoms with van der Waals surface area (Å²) < 4.78 is 0. The Labute approximate surface area is 116 Å². The van der Waals surface area contributed by atoms with E-state index in [4.69, 9.17) is 5.41 Å². The molecule has 1 aromatic carbocycles. The number of benzene rings is 1. The summed E-state index contributed by atoms with van der Waals surface area (Å²) in [5.41, 5.74) is 0.561. The van der Waals surface area contributed by atoms with E-state index in [0.717, 1.165) is 24.2 Å². The topological polar surface area (TPSA) is 73.5 Å². The van der Waals surface area contributed by atoms with Gasteiger partial charge in [0.15, 0.2) is 0 Å². The van der Waals surface area contributed by atoms with Crippen LogP contribution in [0.25, 0.3) is 0 Å². The first-order valence-corrected chi connectivity index (χ1v) is 6.77. The minimum absolute atomic E-state index is 0.0209. The van der Waals surface area contributed by atoms with E-state index in [2.05, 4.69) is 23.9 Å². The summed E-state index contributed by atoms with van der Waals surface area (Å²) in [6.45, 7) is 2.02. The molecule has 1 fully saturated rings. The van der Waals surface area contributed by atoms with E-state index >= 15 is 0 Å². The van der Waals surface area contributed by atoms with E-state index in [1.807, 2.05) is 0 Å². The molecule has 0 spiro atoms. The number of hydrogen-bond acceptors (Lipinski definition) is 6. The highest BCUT2D eigenvalue weighted by Gasteiger charge is 2.27. The maximum absolute atomic E-state index is 10.8. The van der Waals surface area contributed by atoms with Crippen molar-refractivity contribution in [3.05, 3.63) is 33.9 Å². The summed E-state index contributed by atoms with van der Waals surface area (Å²) in [4.78, 5) is 15.8. The first-order chi connectivity index (χ1) is 9.02. The molecule has 0 aliphatic carbocycles. The van der Waals surface area contributed by atoms with Gasteiger partial charge in [0.05, 0.1) is 10.5 Å². The number of nitro groups is 1. The van der Waals surface area contributed by atoms with Crippen LogP contribution in [-0.4, -0.2) is 53.6 Å². The first-order valence-electron chi connectivity index (χ1n) is 5.89. The minimum atomic E-state index is -0.456. The van der Waals surface area contributed by atoms with Gasteiger partial charge in [-0.05, 0) is 26.2 Å². The van der Waals surface area contributed by atoms with Gasteiger partial charge in [0.25, 0.3) is 5.69 Å². The number of hydrogen-bond donors (Lipinski definition) is 1. The zero-order valence-corrected chi connectivity index (χ0v) is 11.7. The zero-order chi connectivity index (χ0) is 14.0. The predicted octanol–water partition coefficient (Wildman–Crippen LogP) is 1.85. The molecule has 0 amide bonds. The maximum atomic E-state index is 10.8. The van der Waals surface area contributed by atoms with Gasteiger partial charge in [0.2, 0.25) is 0 Å². The van der Waals surface area contributed by atoms with Crippen molar-refractivity contribution in [2.75, 3.05) is 27.2 Å². The van der Waals surface area contributed by atoms with Crippen LogP contribution >= 0.6 is 11.8 Å². The molecule has 1 aromatic rings. The molecule has 0 bridgehead atoms. The molecule has 7 heteroatoms. The van der Waals surface area contributed by atoms with Gasteiger partial charge in [0, 0.05) is 30.3 Å². The van der Waals surface area contributed by atoms with Crippen LogP contribution < -0.4 is 0 Å². The molecule has 1 aliphatic rings. The van der Waals surface area contributed by atoms with E-state index in [9.17, 15) is 10.1 Å². The summed E-state index contributed by atoms with van der Waals surface area (Å²) in [5.74, 6) is 0. The third-order valence-corrected chi connectivity index (χ3v) is 4.61. The Morgan fingerprint density at radius 1 is 1.42 bits per heavy atom. The minimum Gasteiger partial charge on any atom is -0.308 e. The van der Waals surface area contributed by atoms with E-state index < -0.39 is 4.92 Å². The normalized spacial score (nSPS) is 17.8. The van der Waals surface area contributed by atoms with Gasteiger partial charge >= 0.3 is 0 Å². The highest BCUT2D eigenvalue weighted by Crippen LogP contribution is 2.32. The van der Waals surface area contributed by atoms with Gasteiger partial charge in [-0.3, -0.25) is 19.9 Å². The van der Waals surface area contributed by atoms with E-state index in [1.165, 1.54) is 6.07 Å². The Kier molecular flexibility index (Phi) is 4.18. The maximum Gasteiger partial charge on any atom is 0.278 e. The lowest BCUT2D eigenvalue weighted by Crippen LogP contribution is -2.30. The smallest absolute Gasteiger partial charge is 0.278 e. The standard InChI is InChI=1S/C12H16N4O2S/c1-14-5-6-15(2)12(14)19-10-3-4-11(16(17)18)9(7-10)8-13/h3-4,7-8,12-13H,5-6H2,1-2H3. The highest BCUT2D eigenvalue weighted by atomic mass is 32.2. The SMILES string of the molecule is CN1CCN(C)C1Sc1ccc([N+](=O)[O-])c(C=N)c1. The zero-order valence-electron chi connectivity index (χ0n) is 10.9. The second-order valence-corrected chi connectivity index (χ2v) is 5.66. The third kappa shape index (κ3) is 2.94. The van der Waals surface area contributed by atoms with Crippen LogP contribution in [0.1, 0.15) is 5.56 Å². The van der Waals surface area contributed by atoms with Gasteiger partial charge in [-0.15, -0.1) is 0 Å². The summed E-state index contributed by atoms with van der Waals surface area (Å²) >= 11 is 1.64. The molecule has 1 heterocycles. The van der Waals surface area contributed by atoms with E-state index in [1.54, 1.807) is 23.9 Å². The van der Waals surface area contributed by atoms with Crippen LogP contribution in [0.2, 0.25) is 0 Å². The number of nitro benzene ring substituents is 1. The molecule has 0 aromatic heterocycles. The number of thioether (sulfide) groups is 1. The highest BCUT2D eigenvalue weighted by molar-refractivity contribution is 7.99. The molecule has 1 aliphatic heterocycles. The number of rotatable bonds is 4. The molecular weight excluding hydrogens is 264 g/mol. The lowest BCUT2D eigenvalue weighted by Gasteiger charge is -2.24. The van der Waals surface area contributed by atoms with Crippen molar-refractivity contribution in [2.45, 2.75) is 10.4 Å². The second kappa shape index (κ2) is 5.68. The molecular formula is C12H16N4O2S. The van der Waals surface area contributed by atoms with Crippen LogP contribution in [0, 0.1) is 15.5 Å². The Morgan fingerprint density at radius 3 is 2.58 bits per heavy atom. The van der Waals surface area contributed by atoms with Crippen molar-refractivity contribution in [1.82, 2.24) is 9.80 Å². The predicted molar refractivity (Wildman–Crippen MR) is 75.9 cm³/mol. The van der Waals surface area contributed by atoms with Crippen LogP contribution in [0.3, 0.4) is 0 Å². The summed E-state index contributed by atoms with van der Waals surface area (Å²) in [6, 6.07) is 4.92. The summed E-state index contributed by atoms with van der Waals surface area (Å²) in [7, 11) is 4.12. The molecule has 0 saturated carbocycles. The average Bonchev–Trinajstić information content (AvgIpc) is 2.70. The van der Waals surface area contributed by atoms with Gasteiger partial charge in [-0.25, -0.2) is 0 Å². The van der Waals surface area contributed by atoms with Crippen molar-refractivity contribution >= 4 is 23.7 Å². The van der Waals surface area contributed by atoms with Crippen molar-refractivity contribution in [1.29, 1.82) is 5.41 Å². The molecule has 2 rings (SSSR count). The van der Waals surface area contributed by atoms with Crippen molar-refractivity contribution in [3.8, 4) is 0 Å². The fourth-order valence-electron chi connectivity index (χ4n) is 2.06. The molecule has 1 saturated heterocycles. The molecule has 0 radical (unpaired) electrons. The van der Waals surface area contributed by atoms with Crippen molar-refractivity contribution < 1.29 is 4.92 Å².